The van der Waals surface area contributed by atoms with E-state index in [4.69, 9.17) is 4.66 Å². The second kappa shape index (κ2) is 9.53. The summed E-state index contributed by atoms with van der Waals surface area (Å²) in [5.41, 5.74) is 3.86. The van der Waals surface area contributed by atoms with Gasteiger partial charge in [-0.15, -0.1) is 0 Å². The van der Waals surface area contributed by atoms with Crippen LogP contribution in [0.1, 0.15) is 83.1 Å². The van der Waals surface area contributed by atoms with Crippen molar-refractivity contribution in [1.29, 1.82) is 0 Å². The van der Waals surface area contributed by atoms with Crippen molar-refractivity contribution in [2.45, 2.75) is 116 Å². The molecule has 146 valence electrons. The van der Waals surface area contributed by atoms with E-state index in [1.807, 2.05) is 0 Å². The van der Waals surface area contributed by atoms with Crippen LogP contribution in [-0.2, 0) is 0 Å². The van der Waals surface area contributed by atoms with Crippen LogP contribution in [0.3, 0.4) is 0 Å². The maximum Gasteiger partial charge on any atom is 0.201 e. The molecule has 3 heteroatoms. The first-order chi connectivity index (χ1) is 11.3. The highest BCUT2D eigenvalue weighted by atomic mass is 28.3. The molecule has 25 heavy (non-hydrogen) atoms. The zero-order valence-electron chi connectivity index (χ0n) is 19.2. The summed E-state index contributed by atoms with van der Waals surface area (Å²) in [4.78, 5) is 0. The van der Waals surface area contributed by atoms with E-state index in [0.29, 0.717) is 33.2 Å². The lowest BCUT2D eigenvalue weighted by Gasteiger charge is -2.43. The second-order valence-corrected chi connectivity index (χ2v) is 20.9. The molecule has 0 aromatic rings. The molecular weight excluding hydrogens is 334 g/mol. The first kappa shape index (κ1) is 24.6. The van der Waals surface area contributed by atoms with Crippen LogP contribution in [0.4, 0.5) is 0 Å². The summed E-state index contributed by atoms with van der Waals surface area (Å²) in [5.74, 6) is 3.69. The van der Waals surface area contributed by atoms with Gasteiger partial charge in [0.1, 0.15) is 8.07 Å². The van der Waals surface area contributed by atoms with Crippen LogP contribution in [0.2, 0.25) is 33.2 Å². The van der Waals surface area contributed by atoms with E-state index in [2.05, 4.69) is 102 Å². The lowest BCUT2D eigenvalue weighted by molar-refractivity contribution is 0.811. The van der Waals surface area contributed by atoms with Gasteiger partial charge in [-0.1, -0.05) is 95.7 Å². The topological polar surface area (TPSA) is 12.4 Å². The fraction of sp³-hybridized carbons (Fsp3) is 0.818. The highest BCUT2D eigenvalue weighted by molar-refractivity contribution is 6.92. The Kier molecular flexibility index (Phi) is 9.38. The summed E-state index contributed by atoms with van der Waals surface area (Å²) >= 11 is 0. The van der Waals surface area contributed by atoms with Crippen LogP contribution in [0.25, 0.3) is 0 Å². The molecule has 0 radical (unpaired) electrons. The third-order valence-corrected chi connectivity index (χ3v) is 19.7. The van der Waals surface area contributed by atoms with Gasteiger partial charge >= 0.3 is 0 Å². The minimum absolute atomic E-state index is 0.624. The Morgan fingerprint density at radius 3 is 1.20 bits per heavy atom. The van der Waals surface area contributed by atoms with E-state index in [1.165, 1.54) is 5.20 Å². The van der Waals surface area contributed by atoms with Gasteiger partial charge in [0.05, 0.1) is 0 Å². The Bertz CT molecular complexity index is 449. The number of hydrogen-bond acceptors (Lipinski definition) is 1. The molecule has 0 atom stereocenters. The van der Waals surface area contributed by atoms with Gasteiger partial charge in [-0.05, 0) is 44.3 Å². The van der Waals surface area contributed by atoms with Gasteiger partial charge in [0, 0.05) is 0 Å². The summed E-state index contributed by atoms with van der Waals surface area (Å²) in [6.45, 7) is 32.8. The predicted octanol–water partition coefficient (Wildman–Crippen LogP) is 8.16. The Morgan fingerprint density at radius 1 is 0.680 bits per heavy atom. The summed E-state index contributed by atoms with van der Waals surface area (Å²) in [5, 5.41) is 1.35. The fourth-order valence-corrected chi connectivity index (χ4v) is 17.5. The molecule has 0 fully saturated rings. The Labute approximate surface area is 161 Å². The van der Waals surface area contributed by atoms with Crippen molar-refractivity contribution in [2.75, 3.05) is 0 Å². The van der Waals surface area contributed by atoms with Crippen molar-refractivity contribution < 1.29 is 0 Å². The SMILES string of the molecule is C=CC(=C=N[Si](C(C)C)(C(C)C)C(C)C)[Si](C(C)C)(C(C)C)C(C)C. The summed E-state index contributed by atoms with van der Waals surface area (Å²) in [7, 11) is -3.57. The Morgan fingerprint density at radius 2 is 1.00 bits per heavy atom. The van der Waals surface area contributed by atoms with Gasteiger partial charge in [-0.25, -0.2) is 0 Å². The number of hydrogen-bond donors (Lipinski definition) is 0. The van der Waals surface area contributed by atoms with Crippen LogP contribution in [0.5, 0.6) is 0 Å². The molecule has 0 heterocycles. The van der Waals surface area contributed by atoms with Crippen molar-refractivity contribution in [3.05, 3.63) is 17.9 Å². The molecule has 0 amide bonds. The third-order valence-electron chi connectivity index (χ3n) is 6.68. The van der Waals surface area contributed by atoms with Crippen LogP contribution < -0.4 is 0 Å². The van der Waals surface area contributed by atoms with Gasteiger partial charge in [0.15, 0.2) is 0 Å². The number of rotatable bonds is 9. The first-order valence-corrected chi connectivity index (χ1v) is 14.7. The van der Waals surface area contributed by atoms with Crippen molar-refractivity contribution in [3.8, 4) is 0 Å². The molecular formula is C22H45NSi2. The van der Waals surface area contributed by atoms with Crippen molar-refractivity contribution >= 4 is 22.2 Å². The molecule has 0 bridgehead atoms. The summed E-state index contributed by atoms with van der Waals surface area (Å²) in [6.07, 6.45) is 2.09. The zero-order valence-corrected chi connectivity index (χ0v) is 21.2. The molecule has 1 nitrogen and oxygen atoms in total. The minimum Gasteiger partial charge on any atom is -0.282 e. The molecule has 0 saturated heterocycles. The van der Waals surface area contributed by atoms with Crippen LogP contribution >= 0.6 is 0 Å². The molecule has 0 rings (SSSR count). The highest BCUT2D eigenvalue weighted by Crippen LogP contribution is 2.46. The smallest absolute Gasteiger partial charge is 0.201 e. The van der Waals surface area contributed by atoms with Gasteiger partial charge in [0.2, 0.25) is 8.24 Å². The second-order valence-electron chi connectivity index (χ2n) is 9.59. The van der Waals surface area contributed by atoms with E-state index in [-0.39, 0.29) is 0 Å². The van der Waals surface area contributed by atoms with E-state index in [0.717, 1.165) is 0 Å². The molecule has 0 aromatic heterocycles. The summed E-state index contributed by atoms with van der Waals surface area (Å²) < 4.78 is 5.35. The summed E-state index contributed by atoms with van der Waals surface area (Å²) in [6, 6.07) is 0. The lowest BCUT2D eigenvalue weighted by Crippen LogP contribution is -2.47. The standard InChI is InChI=1S/C22H45NSi2/c1-14-22(24(16(2)3,17(4)5)18(6)7)15-23-25(19(8)9,20(10)11)21(12)13/h14,16-21H,1H2,2-13H3. The van der Waals surface area contributed by atoms with E-state index in [9.17, 15) is 0 Å². The minimum atomic E-state index is -1.82. The lowest BCUT2D eigenvalue weighted by atomic mass is 10.5. The van der Waals surface area contributed by atoms with Gasteiger partial charge in [-0.3, -0.25) is 4.66 Å². The molecule has 0 saturated carbocycles. The maximum absolute atomic E-state index is 5.35. The molecule has 0 aromatic carbocycles. The van der Waals surface area contributed by atoms with Crippen LogP contribution in [-0.4, -0.2) is 22.2 Å². The molecule has 0 unspecified atom stereocenters. The molecule has 0 aliphatic rings. The predicted molar refractivity (Wildman–Crippen MR) is 123 cm³/mol. The average molecular weight is 380 g/mol. The highest BCUT2D eigenvalue weighted by Gasteiger charge is 2.47. The quantitative estimate of drug-likeness (QED) is 0.217. The first-order valence-electron chi connectivity index (χ1n) is 10.3. The molecule has 0 aliphatic heterocycles. The van der Waals surface area contributed by atoms with Gasteiger partial charge in [-0.2, -0.15) is 0 Å². The van der Waals surface area contributed by atoms with E-state index < -0.39 is 16.3 Å². The maximum atomic E-state index is 5.35. The fourth-order valence-electron chi connectivity index (χ4n) is 5.80. The number of nitrogens with zero attached hydrogens (tertiary/aromatic N) is 1. The van der Waals surface area contributed by atoms with Crippen LogP contribution in [0.15, 0.2) is 22.5 Å². The van der Waals surface area contributed by atoms with E-state index in [1.54, 1.807) is 0 Å². The van der Waals surface area contributed by atoms with Gasteiger partial charge < -0.3 is 0 Å². The van der Waals surface area contributed by atoms with Crippen LogP contribution in [0, 0.1) is 0 Å². The number of allylic oxidation sites excluding steroid dienone is 2. The Hall–Kier alpha value is -0.376. The van der Waals surface area contributed by atoms with Crippen molar-refractivity contribution in [2.24, 2.45) is 4.66 Å². The largest absolute Gasteiger partial charge is 0.282 e. The van der Waals surface area contributed by atoms with Crippen molar-refractivity contribution in [3.63, 3.8) is 0 Å². The normalized spacial score (nSPS) is 13.4. The molecule has 0 N–H and O–H groups in total. The van der Waals surface area contributed by atoms with Gasteiger partial charge in [0.25, 0.3) is 0 Å². The van der Waals surface area contributed by atoms with E-state index >= 15 is 0 Å². The molecule has 0 aliphatic carbocycles. The Balaban J connectivity index is 6.75. The molecule has 0 spiro atoms. The average Bonchev–Trinajstić information content (AvgIpc) is 2.43. The zero-order chi connectivity index (χ0) is 20.2. The monoisotopic (exact) mass is 379 g/mol. The third kappa shape index (κ3) is 4.49. The van der Waals surface area contributed by atoms with Crippen molar-refractivity contribution in [1.82, 2.24) is 0 Å².